The molecule has 0 spiro atoms. The van der Waals surface area contributed by atoms with Crippen LogP contribution in [0.4, 0.5) is 4.79 Å². The Hall–Kier alpha value is -1.10. The molecule has 0 saturated carbocycles. The van der Waals surface area contributed by atoms with Gasteiger partial charge in [0.25, 0.3) is 0 Å². The lowest BCUT2D eigenvalue weighted by atomic mass is 10.3. The number of carbonyl (C=O) groups excluding carboxylic acids is 2. The van der Waals surface area contributed by atoms with Crippen LogP contribution in [0.3, 0.4) is 0 Å². The smallest absolute Gasteiger partial charge is 0.314 e. The van der Waals surface area contributed by atoms with E-state index in [-0.39, 0.29) is 17.9 Å². The van der Waals surface area contributed by atoms with Crippen LogP contribution in [0, 0.1) is 0 Å². The Kier molecular flexibility index (Phi) is 8.52. The van der Waals surface area contributed by atoms with Gasteiger partial charge in [-0.25, -0.2) is 4.79 Å². The maximum Gasteiger partial charge on any atom is 0.314 e. The van der Waals surface area contributed by atoms with Crippen LogP contribution < -0.4 is 10.6 Å². The minimum absolute atomic E-state index is 0.0747. The molecule has 0 aromatic heterocycles. The molecule has 5 nitrogen and oxygen atoms in total. The summed E-state index contributed by atoms with van der Waals surface area (Å²) in [6.07, 6.45) is 1.40. The van der Waals surface area contributed by atoms with E-state index in [4.69, 9.17) is 4.74 Å². The van der Waals surface area contributed by atoms with E-state index in [9.17, 15) is 9.59 Å². The van der Waals surface area contributed by atoms with Crippen molar-refractivity contribution >= 4 is 11.8 Å². The van der Waals surface area contributed by atoms with Crippen LogP contribution in [0.15, 0.2) is 0 Å². The SMILES string of the molecule is CC(=O)CCNC(=O)NCCCOC(C)C. The van der Waals surface area contributed by atoms with Crippen molar-refractivity contribution in [3.8, 4) is 0 Å². The molecule has 0 radical (unpaired) electrons. The minimum Gasteiger partial charge on any atom is -0.379 e. The molecule has 5 heteroatoms. The fourth-order valence-corrected chi connectivity index (χ4v) is 1.01. The Morgan fingerprint density at radius 2 is 1.81 bits per heavy atom. The molecule has 0 fully saturated rings. The molecule has 0 saturated heterocycles. The lowest BCUT2D eigenvalue weighted by molar-refractivity contribution is -0.116. The number of hydrogen-bond acceptors (Lipinski definition) is 3. The summed E-state index contributed by atoms with van der Waals surface area (Å²) >= 11 is 0. The van der Waals surface area contributed by atoms with Gasteiger partial charge in [-0.2, -0.15) is 0 Å². The molecular formula is C11H22N2O3. The molecule has 2 N–H and O–H groups in total. The van der Waals surface area contributed by atoms with Crippen molar-refractivity contribution < 1.29 is 14.3 Å². The minimum atomic E-state index is -0.231. The lowest BCUT2D eigenvalue weighted by Gasteiger charge is -2.08. The van der Waals surface area contributed by atoms with Crippen molar-refractivity contribution in [3.63, 3.8) is 0 Å². The van der Waals surface area contributed by atoms with Crippen LogP contribution in [0.1, 0.15) is 33.6 Å². The van der Waals surface area contributed by atoms with Gasteiger partial charge in [0.15, 0.2) is 0 Å². The molecule has 0 aromatic rings. The second-order valence-electron chi connectivity index (χ2n) is 3.91. The summed E-state index contributed by atoms with van der Waals surface area (Å²) in [5, 5.41) is 5.29. The summed E-state index contributed by atoms with van der Waals surface area (Å²) in [6, 6.07) is -0.231. The van der Waals surface area contributed by atoms with Crippen LogP contribution in [-0.2, 0) is 9.53 Å². The molecule has 0 aromatic carbocycles. The molecule has 0 bridgehead atoms. The highest BCUT2D eigenvalue weighted by Gasteiger charge is 2.00. The van der Waals surface area contributed by atoms with Crippen molar-refractivity contribution in [2.75, 3.05) is 19.7 Å². The van der Waals surface area contributed by atoms with Gasteiger partial charge in [0.1, 0.15) is 5.78 Å². The van der Waals surface area contributed by atoms with Gasteiger partial charge in [-0.1, -0.05) is 0 Å². The highest BCUT2D eigenvalue weighted by Crippen LogP contribution is 1.89. The van der Waals surface area contributed by atoms with Crippen molar-refractivity contribution in [2.24, 2.45) is 0 Å². The first kappa shape index (κ1) is 14.9. The summed E-state index contributed by atoms with van der Waals surface area (Å²) in [4.78, 5) is 21.7. The average Bonchev–Trinajstić information content (AvgIpc) is 2.16. The number of ketones is 1. The van der Waals surface area contributed by atoms with E-state index < -0.39 is 0 Å². The van der Waals surface area contributed by atoms with E-state index in [1.807, 2.05) is 13.8 Å². The first-order valence-electron chi connectivity index (χ1n) is 5.65. The van der Waals surface area contributed by atoms with Crippen molar-refractivity contribution in [1.82, 2.24) is 10.6 Å². The summed E-state index contributed by atoms with van der Waals surface area (Å²) in [5.74, 6) is 0.0747. The zero-order valence-corrected chi connectivity index (χ0v) is 10.3. The molecule has 2 amide bonds. The Balaban J connectivity index is 3.27. The lowest BCUT2D eigenvalue weighted by Crippen LogP contribution is -2.37. The van der Waals surface area contributed by atoms with Crippen LogP contribution in [0.5, 0.6) is 0 Å². The van der Waals surface area contributed by atoms with Gasteiger partial charge in [0.05, 0.1) is 6.10 Å². The van der Waals surface area contributed by atoms with E-state index in [0.717, 1.165) is 6.42 Å². The third kappa shape index (κ3) is 11.0. The van der Waals surface area contributed by atoms with Crippen LogP contribution in [0.2, 0.25) is 0 Å². The van der Waals surface area contributed by atoms with Gasteiger partial charge in [0, 0.05) is 26.1 Å². The van der Waals surface area contributed by atoms with E-state index in [1.165, 1.54) is 6.92 Å². The zero-order chi connectivity index (χ0) is 12.4. The molecule has 0 rings (SSSR count). The van der Waals surface area contributed by atoms with Crippen LogP contribution in [-0.4, -0.2) is 37.6 Å². The predicted octanol–water partition coefficient (Wildman–Crippen LogP) is 1.08. The fraction of sp³-hybridized carbons (Fsp3) is 0.818. The topological polar surface area (TPSA) is 67.4 Å². The van der Waals surface area contributed by atoms with Crippen LogP contribution >= 0.6 is 0 Å². The summed E-state index contributed by atoms with van der Waals surface area (Å²) in [6.45, 7) is 7.07. The van der Waals surface area contributed by atoms with Crippen molar-refractivity contribution in [3.05, 3.63) is 0 Å². The first-order valence-corrected chi connectivity index (χ1v) is 5.65. The Bertz CT molecular complexity index is 217. The van der Waals surface area contributed by atoms with Gasteiger partial charge < -0.3 is 15.4 Å². The van der Waals surface area contributed by atoms with E-state index in [1.54, 1.807) is 0 Å². The molecule has 0 aliphatic rings. The molecule has 0 aliphatic carbocycles. The van der Waals surface area contributed by atoms with E-state index in [0.29, 0.717) is 26.1 Å². The fourth-order valence-electron chi connectivity index (χ4n) is 1.01. The quantitative estimate of drug-likeness (QED) is 0.613. The first-order chi connectivity index (χ1) is 7.52. The normalized spacial score (nSPS) is 10.2. The van der Waals surface area contributed by atoms with Gasteiger partial charge in [0.2, 0.25) is 0 Å². The number of nitrogens with one attached hydrogen (secondary N) is 2. The Morgan fingerprint density at radius 3 is 2.38 bits per heavy atom. The number of hydrogen-bond donors (Lipinski definition) is 2. The number of amides is 2. The Morgan fingerprint density at radius 1 is 1.19 bits per heavy atom. The molecule has 94 valence electrons. The standard InChI is InChI=1S/C11H22N2O3/c1-9(2)16-8-4-6-12-11(15)13-7-5-10(3)14/h9H,4-8H2,1-3H3,(H2,12,13,15). The van der Waals surface area contributed by atoms with Crippen molar-refractivity contribution in [1.29, 1.82) is 0 Å². The molecule has 0 atom stereocenters. The summed E-state index contributed by atoms with van der Waals surface area (Å²) in [7, 11) is 0. The number of carbonyl (C=O) groups is 2. The maximum atomic E-state index is 11.1. The molecular weight excluding hydrogens is 208 g/mol. The van der Waals surface area contributed by atoms with Gasteiger partial charge in [-0.15, -0.1) is 0 Å². The second-order valence-corrected chi connectivity index (χ2v) is 3.91. The van der Waals surface area contributed by atoms with Gasteiger partial charge >= 0.3 is 6.03 Å². The zero-order valence-electron chi connectivity index (χ0n) is 10.3. The molecule has 0 unspecified atom stereocenters. The number of Topliss-reactive ketones (excluding diaryl/α,β-unsaturated/α-hetero) is 1. The van der Waals surface area contributed by atoms with Crippen molar-refractivity contribution in [2.45, 2.75) is 39.7 Å². The highest BCUT2D eigenvalue weighted by atomic mass is 16.5. The van der Waals surface area contributed by atoms with Gasteiger partial charge in [-0.05, 0) is 27.2 Å². The molecule has 16 heavy (non-hydrogen) atoms. The largest absolute Gasteiger partial charge is 0.379 e. The molecule has 0 aliphatic heterocycles. The van der Waals surface area contributed by atoms with E-state index >= 15 is 0 Å². The predicted molar refractivity (Wildman–Crippen MR) is 62.4 cm³/mol. The summed E-state index contributed by atoms with van der Waals surface area (Å²) in [5.41, 5.74) is 0. The summed E-state index contributed by atoms with van der Waals surface area (Å²) < 4.78 is 5.32. The number of urea groups is 1. The average molecular weight is 230 g/mol. The van der Waals surface area contributed by atoms with E-state index in [2.05, 4.69) is 10.6 Å². The highest BCUT2D eigenvalue weighted by molar-refractivity contribution is 5.77. The third-order valence-electron chi connectivity index (χ3n) is 1.82. The maximum absolute atomic E-state index is 11.1. The monoisotopic (exact) mass is 230 g/mol. The number of ether oxygens (including phenoxy) is 1. The second kappa shape index (κ2) is 9.15. The number of rotatable bonds is 8. The van der Waals surface area contributed by atoms with Gasteiger partial charge in [-0.3, -0.25) is 4.79 Å². The Labute approximate surface area is 96.9 Å². The van der Waals surface area contributed by atoms with Crippen LogP contribution in [0.25, 0.3) is 0 Å². The third-order valence-corrected chi connectivity index (χ3v) is 1.82. The molecule has 0 heterocycles.